The maximum absolute atomic E-state index is 10.8. The van der Waals surface area contributed by atoms with Crippen molar-refractivity contribution in [1.29, 1.82) is 0 Å². The van der Waals surface area contributed by atoms with E-state index in [-0.39, 0.29) is 5.15 Å². The zero-order chi connectivity index (χ0) is 11.8. The summed E-state index contributed by atoms with van der Waals surface area (Å²) in [5, 5.41) is 3.35. The van der Waals surface area contributed by atoms with Gasteiger partial charge in [-0.2, -0.15) is 0 Å². The van der Waals surface area contributed by atoms with Gasteiger partial charge in [0.15, 0.2) is 6.29 Å². The number of nitrogens with zero attached hydrogens (tertiary/aromatic N) is 2. The fourth-order valence-electron chi connectivity index (χ4n) is 1.76. The number of hydrogen-bond acceptors (Lipinski definition) is 4. The molecule has 1 saturated carbocycles. The maximum atomic E-state index is 10.8. The number of aldehydes is 1. The first-order chi connectivity index (χ1) is 7.54. The molecule has 1 heterocycles. The Morgan fingerprint density at radius 1 is 1.62 bits per heavy atom. The minimum Gasteiger partial charge on any atom is -0.369 e. The summed E-state index contributed by atoms with van der Waals surface area (Å²) < 4.78 is 0. The van der Waals surface area contributed by atoms with E-state index in [0.29, 0.717) is 29.0 Å². The Bertz CT molecular complexity index is 420. The normalized spacial score (nSPS) is 21.6. The number of anilines is 1. The van der Waals surface area contributed by atoms with E-state index in [1.54, 1.807) is 0 Å². The van der Waals surface area contributed by atoms with Crippen molar-refractivity contribution < 1.29 is 4.79 Å². The minimum atomic E-state index is 0.197. The Hall–Kier alpha value is -1.16. The van der Waals surface area contributed by atoms with Crippen LogP contribution in [0.25, 0.3) is 0 Å². The predicted octanol–water partition coefficient (Wildman–Crippen LogP) is 2.40. The summed E-state index contributed by atoms with van der Waals surface area (Å²) in [6.07, 6.45) is 3.24. The van der Waals surface area contributed by atoms with Gasteiger partial charge in [0.1, 0.15) is 17.3 Å². The molecule has 0 radical (unpaired) electrons. The monoisotopic (exact) mass is 239 g/mol. The van der Waals surface area contributed by atoms with Crippen LogP contribution in [0.15, 0.2) is 6.33 Å². The molecule has 0 saturated heterocycles. The number of halogens is 1. The van der Waals surface area contributed by atoms with E-state index in [1.807, 2.05) is 0 Å². The van der Waals surface area contributed by atoms with Crippen molar-refractivity contribution in [3.63, 3.8) is 0 Å². The highest BCUT2D eigenvalue weighted by Crippen LogP contribution is 2.51. The Balaban J connectivity index is 2.04. The highest BCUT2D eigenvalue weighted by molar-refractivity contribution is 6.32. The van der Waals surface area contributed by atoms with E-state index in [1.165, 1.54) is 12.7 Å². The van der Waals surface area contributed by atoms with Gasteiger partial charge in [0.05, 0.1) is 5.56 Å². The molecule has 2 rings (SSSR count). The number of aromatic nitrogens is 2. The lowest BCUT2D eigenvalue weighted by molar-refractivity contribution is 0.112. The lowest BCUT2D eigenvalue weighted by atomic mass is 10.1. The van der Waals surface area contributed by atoms with Crippen LogP contribution in [0, 0.1) is 11.3 Å². The fourth-order valence-corrected chi connectivity index (χ4v) is 1.94. The van der Waals surface area contributed by atoms with Crippen LogP contribution in [0.2, 0.25) is 5.15 Å². The fraction of sp³-hybridized carbons (Fsp3) is 0.545. The summed E-state index contributed by atoms with van der Waals surface area (Å²) in [7, 11) is 0. The van der Waals surface area contributed by atoms with E-state index in [0.717, 1.165) is 6.54 Å². The number of carbonyl (C=O) groups is 1. The highest BCUT2D eigenvalue weighted by atomic mass is 35.5. The van der Waals surface area contributed by atoms with E-state index in [9.17, 15) is 4.79 Å². The van der Waals surface area contributed by atoms with Crippen LogP contribution in [0.3, 0.4) is 0 Å². The lowest BCUT2D eigenvalue weighted by Gasteiger charge is -2.08. The van der Waals surface area contributed by atoms with E-state index in [4.69, 9.17) is 11.6 Å². The SMILES string of the molecule is CC1(C)CC1CNc1ncnc(Cl)c1C=O. The molecule has 0 spiro atoms. The van der Waals surface area contributed by atoms with Gasteiger partial charge in [-0.05, 0) is 17.8 Å². The van der Waals surface area contributed by atoms with Gasteiger partial charge < -0.3 is 5.32 Å². The van der Waals surface area contributed by atoms with Gasteiger partial charge in [0.25, 0.3) is 0 Å². The second-order valence-electron chi connectivity index (χ2n) is 4.82. The van der Waals surface area contributed by atoms with Gasteiger partial charge in [-0.1, -0.05) is 25.4 Å². The molecule has 1 atom stereocenters. The molecular formula is C11H14ClN3O. The van der Waals surface area contributed by atoms with Crippen LogP contribution < -0.4 is 5.32 Å². The summed E-state index contributed by atoms with van der Waals surface area (Å²) in [6, 6.07) is 0. The molecule has 1 N–H and O–H groups in total. The van der Waals surface area contributed by atoms with E-state index in [2.05, 4.69) is 29.1 Å². The molecule has 0 amide bonds. The summed E-state index contributed by atoms with van der Waals surface area (Å²) in [5.74, 6) is 1.17. The molecule has 1 aromatic rings. The second-order valence-corrected chi connectivity index (χ2v) is 5.17. The second kappa shape index (κ2) is 4.01. The van der Waals surface area contributed by atoms with Crippen LogP contribution in [-0.2, 0) is 0 Å². The van der Waals surface area contributed by atoms with Crippen LogP contribution in [0.4, 0.5) is 5.82 Å². The molecule has 86 valence electrons. The maximum Gasteiger partial charge on any atom is 0.156 e. The molecule has 1 unspecified atom stereocenters. The van der Waals surface area contributed by atoms with Crippen molar-refractivity contribution in [2.24, 2.45) is 11.3 Å². The smallest absolute Gasteiger partial charge is 0.156 e. The molecule has 0 aromatic carbocycles. The van der Waals surface area contributed by atoms with Crippen molar-refractivity contribution >= 4 is 23.7 Å². The summed E-state index contributed by atoms with van der Waals surface area (Å²) in [6.45, 7) is 5.28. The Kier molecular flexibility index (Phi) is 2.84. The third-order valence-corrected chi connectivity index (χ3v) is 3.49. The van der Waals surface area contributed by atoms with Crippen molar-refractivity contribution in [2.45, 2.75) is 20.3 Å². The molecule has 16 heavy (non-hydrogen) atoms. The lowest BCUT2D eigenvalue weighted by Crippen LogP contribution is -2.10. The van der Waals surface area contributed by atoms with Crippen LogP contribution >= 0.6 is 11.6 Å². The van der Waals surface area contributed by atoms with Gasteiger partial charge in [-0.25, -0.2) is 9.97 Å². The Morgan fingerprint density at radius 2 is 2.31 bits per heavy atom. The van der Waals surface area contributed by atoms with Crippen molar-refractivity contribution in [3.05, 3.63) is 17.0 Å². The van der Waals surface area contributed by atoms with Gasteiger partial charge in [0, 0.05) is 6.54 Å². The summed E-state index contributed by atoms with van der Waals surface area (Å²) in [4.78, 5) is 18.6. The van der Waals surface area contributed by atoms with Crippen molar-refractivity contribution in [1.82, 2.24) is 9.97 Å². The first kappa shape index (κ1) is 11.3. The molecule has 0 aliphatic heterocycles. The predicted molar refractivity (Wildman–Crippen MR) is 62.8 cm³/mol. The number of nitrogens with one attached hydrogen (secondary N) is 1. The van der Waals surface area contributed by atoms with Gasteiger partial charge in [-0.3, -0.25) is 4.79 Å². The van der Waals surface area contributed by atoms with Crippen LogP contribution in [-0.4, -0.2) is 22.8 Å². The summed E-state index contributed by atoms with van der Waals surface area (Å²) in [5.41, 5.74) is 0.744. The first-order valence-electron chi connectivity index (χ1n) is 5.24. The number of hydrogen-bond donors (Lipinski definition) is 1. The highest BCUT2D eigenvalue weighted by Gasteiger charge is 2.45. The molecule has 1 aliphatic rings. The van der Waals surface area contributed by atoms with Gasteiger partial charge in [-0.15, -0.1) is 0 Å². The summed E-state index contributed by atoms with van der Waals surface area (Å²) >= 11 is 5.79. The quantitative estimate of drug-likeness (QED) is 0.648. The molecule has 4 nitrogen and oxygen atoms in total. The third kappa shape index (κ3) is 2.16. The zero-order valence-corrected chi connectivity index (χ0v) is 10.1. The number of rotatable bonds is 4. The average molecular weight is 240 g/mol. The third-order valence-electron chi connectivity index (χ3n) is 3.19. The molecular weight excluding hydrogens is 226 g/mol. The van der Waals surface area contributed by atoms with Gasteiger partial charge >= 0.3 is 0 Å². The standard InChI is InChI=1S/C11H14ClN3O/c1-11(2)3-7(11)4-13-10-8(5-16)9(12)14-6-15-10/h5-7H,3-4H2,1-2H3,(H,13,14,15). The largest absolute Gasteiger partial charge is 0.369 e. The molecule has 1 fully saturated rings. The zero-order valence-electron chi connectivity index (χ0n) is 9.33. The van der Waals surface area contributed by atoms with Crippen LogP contribution in [0.1, 0.15) is 30.6 Å². The van der Waals surface area contributed by atoms with Crippen molar-refractivity contribution in [2.75, 3.05) is 11.9 Å². The molecule has 0 bridgehead atoms. The van der Waals surface area contributed by atoms with Crippen LogP contribution in [0.5, 0.6) is 0 Å². The van der Waals surface area contributed by atoms with Crippen molar-refractivity contribution in [3.8, 4) is 0 Å². The molecule has 1 aromatic heterocycles. The first-order valence-corrected chi connectivity index (χ1v) is 5.62. The average Bonchev–Trinajstić information content (AvgIpc) is 2.83. The minimum absolute atomic E-state index is 0.197. The topological polar surface area (TPSA) is 54.9 Å². The molecule has 5 heteroatoms. The van der Waals surface area contributed by atoms with E-state index < -0.39 is 0 Å². The molecule has 1 aliphatic carbocycles. The Morgan fingerprint density at radius 3 is 2.88 bits per heavy atom. The van der Waals surface area contributed by atoms with Gasteiger partial charge in [0.2, 0.25) is 0 Å². The number of carbonyl (C=O) groups excluding carboxylic acids is 1. The van der Waals surface area contributed by atoms with E-state index >= 15 is 0 Å². The Labute approximate surface area is 99.4 Å².